The molecule has 132 valence electrons. The molecule has 1 aromatic rings. The van der Waals surface area contributed by atoms with Crippen LogP contribution in [0.1, 0.15) is 35.9 Å². The molecule has 1 aromatic heterocycles. The van der Waals surface area contributed by atoms with Crippen molar-refractivity contribution < 1.29 is 13.9 Å². The number of halogens is 1. The molecule has 0 fully saturated rings. The molecule has 0 unspecified atom stereocenters. The molecule has 0 atom stereocenters. The van der Waals surface area contributed by atoms with Gasteiger partial charge in [-0.15, -0.1) is 24.0 Å². The summed E-state index contributed by atoms with van der Waals surface area (Å²) in [6.45, 7) is 7.07. The van der Waals surface area contributed by atoms with E-state index in [-0.39, 0.29) is 29.9 Å². The van der Waals surface area contributed by atoms with E-state index in [4.69, 9.17) is 14.9 Å². The quantitative estimate of drug-likeness (QED) is 0.223. The van der Waals surface area contributed by atoms with E-state index in [9.17, 15) is 4.79 Å². The molecule has 1 amide bonds. The Morgan fingerprint density at radius 1 is 1.35 bits per heavy atom. The molecule has 4 N–H and O–H groups in total. The Kier molecular flexibility index (Phi) is 12.4. The summed E-state index contributed by atoms with van der Waals surface area (Å²) in [7, 11) is 0. The Labute approximate surface area is 154 Å². The number of nitrogens with one attached hydrogen (secondary N) is 2. The van der Waals surface area contributed by atoms with Gasteiger partial charge in [-0.25, -0.2) is 0 Å². The summed E-state index contributed by atoms with van der Waals surface area (Å²) in [5.74, 6) is 0.581. The second kappa shape index (κ2) is 13.2. The number of nitrogens with two attached hydrogens (primary N) is 1. The Balaban J connectivity index is 0.00000484. The molecular weight excluding hydrogens is 411 g/mol. The lowest BCUT2D eigenvalue weighted by Crippen LogP contribution is -2.33. The molecule has 1 rings (SSSR count). The van der Waals surface area contributed by atoms with Crippen molar-refractivity contribution in [3.05, 3.63) is 23.7 Å². The van der Waals surface area contributed by atoms with Crippen LogP contribution in [0.15, 0.2) is 21.7 Å². The third kappa shape index (κ3) is 9.44. The van der Waals surface area contributed by atoms with Gasteiger partial charge in [0.15, 0.2) is 11.7 Å². The second-order valence-corrected chi connectivity index (χ2v) is 4.79. The van der Waals surface area contributed by atoms with E-state index in [0.717, 1.165) is 31.7 Å². The van der Waals surface area contributed by atoms with Crippen molar-refractivity contribution in [3.8, 4) is 0 Å². The predicted molar refractivity (Wildman–Crippen MR) is 101 cm³/mol. The molecule has 23 heavy (non-hydrogen) atoms. The normalized spacial score (nSPS) is 11.0. The molecule has 0 saturated heterocycles. The fourth-order valence-corrected chi connectivity index (χ4v) is 1.76. The van der Waals surface area contributed by atoms with Gasteiger partial charge in [0.25, 0.3) is 5.91 Å². The minimum absolute atomic E-state index is 0. The van der Waals surface area contributed by atoms with Crippen LogP contribution in [0.25, 0.3) is 0 Å². The van der Waals surface area contributed by atoms with Crippen molar-refractivity contribution in [1.82, 2.24) is 10.6 Å². The monoisotopic (exact) mass is 438 g/mol. The smallest absolute Gasteiger partial charge is 0.287 e. The van der Waals surface area contributed by atoms with Gasteiger partial charge >= 0.3 is 0 Å². The Morgan fingerprint density at radius 2 is 2.09 bits per heavy atom. The number of carbonyl (C=O) groups is 1. The van der Waals surface area contributed by atoms with Crippen molar-refractivity contribution in [2.24, 2.45) is 10.7 Å². The fourth-order valence-electron chi connectivity index (χ4n) is 1.76. The highest BCUT2D eigenvalue weighted by molar-refractivity contribution is 14.0. The van der Waals surface area contributed by atoms with Gasteiger partial charge in [-0.2, -0.15) is 0 Å². The summed E-state index contributed by atoms with van der Waals surface area (Å²) in [6.07, 6.45) is 3.11. The number of nitrogens with zero attached hydrogens (tertiary/aromatic N) is 1. The summed E-state index contributed by atoms with van der Waals surface area (Å²) in [4.78, 5) is 15.9. The van der Waals surface area contributed by atoms with Gasteiger partial charge in [-0.05, 0) is 32.8 Å². The third-order valence-corrected chi connectivity index (χ3v) is 2.95. The molecule has 0 saturated carbocycles. The minimum Gasteiger partial charge on any atom is -0.459 e. The predicted octanol–water partition coefficient (Wildman–Crippen LogP) is 1.66. The summed E-state index contributed by atoms with van der Waals surface area (Å²) < 4.78 is 10.3. The highest BCUT2D eigenvalue weighted by atomic mass is 127. The van der Waals surface area contributed by atoms with Gasteiger partial charge in [0, 0.05) is 38.4 Å². The van der Waals surface area contributed by atoms with Crippen molar-refractivity contribution in [3.63, 3.8) is 0 Å². The standard InChI is InChI=1S/C15H26N4O3.HI/c1-3-21-10-5-9-19-15(16)18-8-4-7-17-14(20)13-12(2)6-11-22-13;/h6,11H,3-5,7-10H2,1-2H3,(H,17,20)(H3,16,18,19);1H. The number of aliphatic imine (C=N–C) groups is 1. The largest absolute Gasteiger partial charge is 0.459 e. The summed E-state index contributed by atoms with van der Waals surface area (Å²) in [5, 5.41) is 5.80. The van der Waals surface area contributed by atoms with E-state index in [0.29, 0.717) is 31.2 Å². The van der Waals surface area contributed by atoms with Gasteiger partial charge < -0.3 is 25.5 Å². The van der Waals surface area contributed by atoms with Gasteiger partial charge in [0.05, 0.1) is 6.26 Å². The van der Waals surface area contributed by atoms with Crippen LogP contribution in [0, 0.1) is 6.92 Å². The first-order chi connectivity index (χ1) is 10.6. The van der Waals surface area contributed by atoms with Crippen LogP contribution in [0.3, 0.4) is 0 Å². The van der Waals surface area contributed by atoms with Crippen molar-refractivity contribution in [2.45, 2.75) is 26.7 Å². The molecular formula is C15H27IN4O3. The van der Waals surface area contributed by atoms with Gasteiger partial charge in [0.2, 0.25) is 0 Å². The van der Waals surface area contributed by atoms with E-state index in [1.54, 1.807) is 6.07 Å². The fraction of sp³-hybridized carbons (Fsp3) is 0.600. The Bertz CT molecular complexity index is 477. The van der Waals surface area contributed by atoms with Crippen LogP contribution >= 0.6 is 24.0 Å². The lowest BCUT2D eigenvalue weighted by molar-refractivity contribution is 0.0925. The second-order valence-electron chi connectivity index (χ2n) is 4.79. The van der Waals surface area contributed by atoms with Crippen LogP contribution in [0.2, 0.25) is 0 Å². The van der Waals surface area contributed by atoms with E-state index in [1.165, 1.54) is 6.26 Å². The average molecular weight is 438 g/mol. The number of carbonyl (C=O) groups excluding carboxylic acids is 1. The van der Waals surface area contributed by atoms with Crippen molar-refractivity contribution >= 4 is 35.8 Å². The highest BCUT2D eigenvalue weighted by Crippen LogP contribution is 2.07. The first-order valence-electron chi connectivity index (χ1n) is 7.59. The van der Waals surface area contributed by atoms with Gasteiger partial charge in [-0.1, -0.05) is 0 Å². The molecule has 0 radical (unpaired) electrons. The lowest BCUT2D eigenvalue weighted by atomic mass is 10.2. The molecule has 0 aliphatic heterocycles. The van der Waals surface area contributed by atoms with Gasteiger partial charge in [-0.3, -0.25) is 9.79 Å². The molecule has 0 aliphatic rings. The number of aryl methyl sites for hydroxylation is 1. The van der Waals surface area contributed by atoms with Gasteiger partial charge in [0.1, 0.15) is 0 Å². The molecule has 0 spiro atoms. The number of guanidine groups is 1. The Hall–Kier alpha value is -1.29. The zero-order chi connectivity index (χ0) is 16.2. The topological polar surface area (TPSA) is 102 Å². The first kappa shape index (κ1) is 21.7. The number of ether oxygens (including phenoxy) is 1. The summed E-state index contributed by atoms with van der Waals surface area (Å²) in [5.41, 5.74) is 6.55. The third-order valence-electron chi connectivity index (χ3n) is 2.95. The maximum Gasteiger partial charge on any atom is 0.287 e. The number of rotatable bonds is 10. The lowest BCUT2D eigenvalue weighted by Gasteiger charge is -2.06. The summed E-state index contributed by atoms with van der Waals surface area (Å²) >= 11 is 0. The number of hydrogen-bond acceptors (Lipinski definition) is 4. The highest BCUT2D eigenvalue weighted by Gasteiger charge is 2.10. The van der Waals surface area contributed by atoms with Crippen LogP contribution in [0.5, 0.6) is 0 Å². The molecule has 8 heteroatoms. The van der Waals surface area contributed by atoms with E-state index < -0.39 is 0 Å². The van der Waals surface area contributed by atoms with Crippen molar-refractivity contribution in [1.29, 1.82) is 0 Å². The number of hydrogen-bond donors (Lipinski definition) is 3. The number of furan rings is 1. The van der Waals surface area contributed by atoms with E-state index >= 15 is 0 Å². The molecule has 0 bridgehead atoms. The summed E-state index contributed by atoms with van der Waals surface area (Å²) in [6, 6.07) is 1.76. The molecule has 0 aliphatic carbocycles. The number of amides is 1. The zero-order valence-electron chi connectivity index (χ0n) is 13.8. The average Bonchev–Trinajstić information content (AvgIpc) is 2.92. The molecule has 7 nitrogen and oxygen atoms in total. The van der Waals surface area contributed by atoms with Crippen molar-refractivity contribution in [2.75, 3.05) is 32.8 Å². The van der Waals surface area contributed by atoms with Crippen LogP contribution in [-0.2, 0) is 4.74 Å². The zero-order valence-corrected chi connectivity index (χ0v) is 16.1. The van der Waals surface area contributed by atoms with E-state index in [2.05, 4.69) is 15.6 Å². The molecule has 1 heterocycles. The minimum atomic E-state index is -0.200. The molecule has 0 aromatic carbocycles. The SMILES string of the molecule is CCOCCCNC(N)=NCCCNC(=O)c1occc1C.I. The van der Waals surface area contributed by atoms with E-state index in [1.807, 2.05) is 13.8 Å². The van der Waals surface area contributed by atoms with Crippen LogP contribution in [0.4, 0.5) is 0 Å². The first-order valence-corrected chi connectivity index (χ1v) is 7.59. The Morgan fingerprint density at radius 3 is 2.74 bits per heavy atom. The maximum absolute atomic E-state index is 11.8. The van der Waals surface area contributed by atoms with Crippen LogP contribution < -0.4 is 16.4 Å². The maximum atomic E-state index is 11.8. The van der Waals surface area contributed by atoms with Crippen LogP contribution in [-0.4, -0.2) is 44.7 Å².